The lowest BCUT2D eigenvalue weighted by molar-refractivity contribution is -0.263. The Bertz CT molecular complexity index is 476. The molecular formula is C17H27NO7. The summed E-state index contributed by atoms with van der Waals surface area (Å²) in [5, 5.41) is 31.9. The Kier molecular flexibility index (Phi) is 9.45. The average Bonchev–Trinajstić information content (AvgIpc) is 2.59. The lowest BCUT2D eigenvalue weighted by Gasteiger charge is -2.41. The second kappa shape index (κ2) is 11.1. The van der Waals surface area contributed by atoms with E-state index in [4.69, 9.17) is 15.9 Å². The van der Waals surface area contributed by atoms with E-state index in [1.807, 2.05) is 6.92 Å². The summed E-state index contributed by atoms with van der Waals surface area (Å²) in [4.78, 5) is 23.8. The van der Waals surface area contributed by atoms with Crippen LogP contribution in [0.15, 0.2) is 0 Å². The van der Waals surface area contributed by atoms with Crippen LogP contribution < -0.4 is 5.32 Å². The van der Waals surface area contributed by atoms with E-state index in [0.717, 1.165) is 12.8 Å². The van der Waals surface area contributed by atoms with Crippen LogP contribution in [0, 0.1) is 12.3 Å². The summed E-state index contributed by atoms with van der Waals surface area (Å²) in [5.74, 6) is 1.32. The van der Waals surface area contributed by atoms with Crippen molar-refractivity contribution in [3.05, 3.63) is 0 Å². The van der Waals surface area contributed by atoms with E-state index in [0.29, 0.717) is 6.42 Å². The van der Waals surface area contributed by atoms with Crippen LogP contribution in [0.5, 0.6) is 0 Å². The quantitative estimate of drug-likeness (QED) is 0.248. The highest BCUT2D eigenvalue weighted by Crippen LogP contribution is 2.23. The van der Waals surface area contributed by atoms with E-state index in [1.54, 1.807) is 0 Å². The zero-order chi connectivity index (χ0) is 18.8. The minimum absolute atomic E-state index is 0.0242. The maximum absolute atomic E-state index is 11.9. The standard InChI is InChI=1S/C17H27NO7/c1-3-5-7-9-13(21)25-17-14(18-12(20)8-6-4-2)16(23)15(22)11(10-19)24-17/h2,11,14-17,19,22-23H,3,5-10H2,1H3,(H,18,20)/t11-,14-,15-,16-,17+/m1/s1. The number of rotatable bonds is 9. The summed E-state index contributed by atoms with van der Waals surface area (Å²) in [6.45, 7) is 1.43. The fraction of sp³-hybridized carbons (Fsp3) is 0.765. The van der Waals surface area contributed by atoms with Crippen molar-refractivity contribution in [2.75, 3.05) is 6.61 Å². The number of terminal acetylenes is 1. The van der Waals surface area contributed by atoms with Crippen LogP contribution in [0.2, 0.25) is 0 Å². The maximum atomic E-state index is 11.9. The van der Waals surface area contributed by atoms with Gasteiger partial charge in [-0.2, -0.15) is 0 Å². The van der Waals surface area contributed by atoms with E-state index in [-0.39, 0.29) is 19.3 Å². The zero-order valence-corrected chi connectivity index (χ0v) is 14.4. The minimum Gasteiger partial charge on any atom is -0.433 e. The van der Waals surface area contributed by atoms with Crippen LogP contribution in [0.4, 0.5) is 0 Å². The largest absolute Gasteiger partial charge is 0.433 e. The Morgan fingerprint density at radius 1 is 1.24 bits per heavy atom. The molecule has 25 heavy (non-hydrogen) atoms. The molecule has 4 N–H and O–H groups in total. The Morgan fingerprint density at radius 3 is 2.56 bits per heavy atom. The van der Waals surface area contributed by atoms with Gasteiger partial charge in [-0.3, -0.25) is 9.59 Å². The predicted octanol–water partition coefficient (Wildman–Crippen LogP) is -0.553. The van der Waals surface area contributed by atoms with E-state index in [1.165, 1.54) is 0 Å². The third-order valence-electron chi connectivity index (χ3n) is 3.94. The molecule has 0 aliphatic carbocycles. The molecule has 0 unspecified atom stereocenters. The second-order valence-corrected chi connectivity index (χ2v) is 5.95. The van der Waals surface area contributed by atoms with Crippen molar-refractivity contribution in [2.45, 2.75) is 76.1 Å². The lowest BCUT2D eigenvalue weighted by atomic mass is 9.96. The number of esters is 1. The van der Waals surface area contributed by atoms with Crippen LogP contribution in [0.1, 0.15) is 45.4 Å². The Balaban J connectivity index is 2.76. The van der Waals surface area contributed by atoms with Gasteiger partial charge in [0.05, 0.1) is 6.61 Å². The predicted molar refractivity (Wildman–Crippen MR) is 88.0 cm³/mol. The molecule has 142 valence electrons. The molecule has 1 amide bonds. The molecule has 8 nitrogen and oxygen atoms in total. The van der Waals surface area contributed by atoms with Crippen LogP contribution in [0.3, 0.4) is 0 Å². The summed E-state index contributed by atoms with van der Waals surface area (Å²) >= 11 is 0. The Morgan fingerprint density at radius 2 is 1.96 bits per heavy atom. The molecule has 0 aromatic rings. The molecule has 0 bridgehead atoms. The smallest absolute Gasteiger partial charge is 0.308 e. The van der Waals surface area contributed by atoms with Crippen molar-refractivity contribution in [3.63, 3.8) is 0 Å². The van der Waals surface area contributed by atoms with Crippen molar-refractivity contribution in [2.24, 2.45) is 0 Å². The van der Waals surface area contributed by atoms with Gasteiger partial charge in [-0.15, -0.1) is 12.3 Å². The first-order valence-electron chi connectivity index (χ1n) is 8.49. The first kappa shape index (κ1) is 21.4. The van der Waals surface area contributed by atoms with Crippen molar-refractivity contribution < 1.29 is 34.4 Å². The number of hydrogen-bond acceptors (Lipinski definition) is 7. The molecule has 0 aromatic heterocycles. The SMILES string of the molecule is C#CCCC(=O)N[C@H]1[C@H](OC(=O)CCCCC)O[C@H](CO)[C@@H](O)[C@@H]1O. The van der Waals surface area contributed by atoms with Gasteiger partial charge in [0.25, 0.3) is 0 Å². The maximum Gasteiger partial charge on any atom is 0.308 e. The van der Waals surface area contributed by atoms with E-state index >= 15 is 0 Å². The van der Waals surface area contributed by atoms with Gasteiger partial charge < -0.3 is 30.1 Å². The number of carbonyl (C=O) groups excluding carboxylic acids is 2. The Labute approximate surface area is 147 Å². The summed E-state index contributed by atoms with van der Waals surface area (Å²) in [7, 11) is 0. The molecule has 0 saturated carbocycles. The molecule has 0 aromatic carbocycles. The number of aliphatic hydroxyl groups is 3. The summed E-state index contributed by atoms with van der Waals surface area (Å²) in [6.07, 6.45) is 2.65. The summed E-state index contributed by atoms with van der Waals surface area (Å²) in [6, 6.07) is -1.15. The topological polar surface area (TPSA) is 125 Å². The fourth-order valence-electron chi connectivity index (χ4n) is 2.49. The van der Waals surface area contributed by atoms with Gasteiger partial charge in [0.15, 0.2) is 0 Å². The van der Waals surface area contributed by atoms with E-state index < -0.39 is 49.1 Å². The van der Waals surface area contributed by atoms with Crippen molar-refractivity contribution >= 4 is 11.9 Å². The molecule has 0 radical (unpaired) electrons. The highest BCUT2D eigenvalue weighted by molar-refractivity contribution is 5.76. The number of hydrogen-bond donors (Lipinski definition) is 4. The number of ether oxygens (including phenoxy) is 2. The summed E-state index contributed by atoms with van der Waals surface area (Å²) in [5.41, 5.74) is 0. The van der Waals surface area contributed by atoms with Gasteiger partial charge in [0, 0.05) is 19.3 Å². The number of aliphatic hydroxyl groups excluding tert-OH is 3. The molecule has 1 fully saturated rings. The van der Waals surface area contributed by atoms with Gasteiger partial charge >= 0.3 is 5.97 Å². The molecule has 1 aliphatic rings. The van der Waals surface area contributed by atoms with Crippen molar-refractivity contribution in [1.29, 1.82) is 0 Å². The zero-order valence-electron chi connectivity index (χ0n) is 14.4. The van der Waals surface area contributed by atoms with Gasteiger partial charge in [-0.05, 0) is 6.42 Å². The van der Waals surface area contributed by atoms with Gasteiger partial charge in [0.1, 0.15) is 24.4 Å². The molecule has 5 atom stereocenters. The molecular weight excluding hydrogens is 330 g/mol. The average molecular weight is 357 g/mol. The number of unbranched alkanes of at least 4 members (excludes halogenated alkanes) is 2. The van der Waals surface area contributed by atoms with Crippen molar-refractivity contribution in [3.8, 4) is 12.3 Å². The molecule has 1 saturated heterocycles. The molecule has 1 heterocycles. The minimum atomic E-state index is -1.46. The number of amides is 1. The van der Waals surface area contributed by atoms with Crippen molar-refractivity contribution in [1.82, 2.24) is 5.32 Å². The molecule has 8 heteroatoms. The first-order valence-corrected chi connectivity index (χ1v) is 8.49. The monoisotopic (exact) mass is 357 g/mol. The Hall–Kier alpha value is -1.66. The number of nitrogens with one attached hydrogen (secondary N) is 1. The number of carbonyl (C=O) groups is 2. The van der Waals surface area contributed by atoms with Crippen LogP contribution in [0.25, 0.3) is 0 Å². The van der Waals surface area contributed by atoms with Crippen LogP contribution in [-0.4, -0.2) is 64.4 Å². The molecule has 0 spiro atoms. The highest BCUT2D eigenvalue weighted by Gasteiger charge is 2.46. The fourth-order valence-corrected chi connectivity index (χ4v) is 2.49. The van der Waals surface area contributed by atoms with Crippen LogP contribution >= 0.6 is 0 Å². The lowest BCUT2D eigenvalue weighted by Crippen LogP contribution is -2.65. The normalized spacial score (nSPS) is 28.8. The van der Waals surface area contributed by atoms with E-state index in [2.05, 4.69) is 11.2 Å². The second-order valence-electron chi connectivity index (χ2n) is 5.95. The van der Waals surface area contributed by atoms with E-state index in [9.17, 15) is 24.9 Å². The third-order valence-corrected chi connectivity index (χ3v) is 3.94. The van der Waals surface area contributed by atoms with Gasteiger partial charge in [-0.1, -0.05) is 19.8 Å². The summed E-state index contributed by atoms with van der Waals surface area (Å²) < 4.78 is 10.6. The highest BCUT2D eigenvalue weighted by atomic mass is 16.7. The first-order chi connectivity index (χ1) is 11.9. The van der Waals surface area contributed by atoms with Gasteiger partial charge in [0.2, 0.25) is 12.2 Å². The third kappa shape index (κ3) is 6.63. The molecule has 1 aliphatic heterocycles. The van der Waals surface area contributed by atoms with Gasteiger partial charge in [-0.25, -0.2) is 0 Å². The molecule has 1 rings (SSSR count). The van der Waals surface area contributed by atoms with Crippen LogP contribution in [-0.2, 0) is 19.1 Å².